The highest BCUT2D eigenvalue weighted by atomic mass is 16.5. The van der Waals surface area contributed by atoms with E-state index in [1.165, 1.54) is 0 Å². The van der Waals surface area contributed by atoms with E-state index >= 15 is 0 Å². The number of benzene rings is 3. The van der Waals surface area contributed by atoms with E-state index in [9.17, 15) is 9.59 Å². The molecule has 2 amide bonds. The van der Waals surface area contributed by atoms with Gasteiger partial charge in [-0.1, -0.05) is 60.7 Å². The fraction of sp³-hybridized carbons (Fsp3) is 0.130. The topological polar surface area (TPSA) is 76.7 Å². The van der Waals surface area contributed by atoms with Gasteiger partial charge < -0.3 is 14.8 Å². The van der Waals surface area contributed by atoms with Crippen molar-refractivity contribution in [3.05, 3.63) is 96.1 Å². The Hall–Kier alpha value is -3.80. The summed E-state index contributed by atoms with van der Waals surface area (Å²) in [6.45, 7) is 0.822. The Morgan fingerprint density at radius 2 is 1.45 bits per heavy atom. The zero-order valence-electron chi connectivity index (χ0n) is 15.8. The first-order valence-electron chi connectivity index (χ1n) is 9.25. The normalized spacial score (nSPS) is 10.1. The minimum absolute atomic E-state index is 0.151. The third-order valence-corrected chi connectivity index (χ3v) is 4.02. The molecule has 6 nitrogen and oxygen atoms in total. The van der Waals surface area contributed by atoms with Crippen LogP contribution in [0, 0.1) is 0 Å². The highest BCUT2D eigenvalue weighted by Gasteiger charge is 2.13. The SMILES string of the molecule is O=C(Nc1ccccc1C(=O)NCCOc1ccccc1)OCc1ccccc1. The summed E-state index contributed by atoms with van der Waals surface area (Å²) in [4.78, 5) is 24.6. The molecule has 0 fully saturated rings. The minimum atomic E-state index is -0.624. The third kappa shape index (κ3) is 6.39. The number of anilines is 1. The van der Waals surface area contributed by atoms with Crippen molar-refractivity contribution in [3.63, 3.8) is 0 Å². The van der Waals surface area contributed by atoms with E-state index < -0.39 is 6.09 Å². The van der Waals surface area contributed by atoms with Gasteiger partial charge in [-0.25, -0.2) is 4.79 Å². The molecule has 0 radical (unpaired) electrons. The number of rotatable bonds is 8. The second kappa shape index (κ2) is 10.5. The van der Waals surface area contributed by atoms with E-state index in [2.05, 4.69) is 10.6 Å². The molecule has 0 aromatic heterocycles. The van der Waals surface area contributed by atoms with Crippen LogP contribution < -0.4 is 15.4 Å². The van der Waals surface area contributed by atoms with E-state index in [0.29, 0.717) is 24.4 Å². The Labute approximate surface area is 169 Å². The molecule has 3 aromatic carbocycles. The van der Waals surface area contributed by atoms with Crippen molar-refractivity contribution in [3.8, 4) is 5.75 Å². The molecule has 0 bridgehead atoms. The maximum Gasteiger partial charge on any atom is 0.411 e. The lowest BCUT2D eigenvalue weighted by Gasteiger charge is -2.12. The summed E-state index contributed by atoms with van der Waals surface area (Å²) in [5.41, 5.74) is 1.61. The highest BCUT2D eigenvalue weighted by Crippen LogP contribution is 2.15. The lowest BCUT2D eigenvalue weighted by molar-refractivity contribution is 0.0948. The van der Waals surface area contributed by atoms with Gasteiger partial charge in [0.15, 0.2) is 0 Å². The van der Waals surface area contributed by atoms with Gasteiger partial charge in [0, 0.05) is 0 Å². The molecule has 2 N–H and O–H groups in total. The van der Waals surface area contributed by atoms with Crippen LogP contribution in [0.3, 0.4) is 0 Å². The fourth-order valence-electron chi connectivity index (χ4n) is 2.60. The molecule has 29 heavy (non-hydrogen) atoms. The van der Waals surface area contributed by atoms with E-state index in [1.807, 2.05) is 60.7 Å². The lowest BCUT2D eigenvalue weighted by atomic mass is 10.1. The summed E-state index contributed by atoms with van der Waals surface area (Å²) in [5, 5.41) is 5.41. The number of amides is 2. The molecule has 0 atom stereocenters. The average molecular weight is 390 g/mol. The molecule has 0 heterocycles. The van der Waals surface area contributed by atoms with Crippen molar-refractivity contribution in [1.29, 1.82) is 0 Å². The molecule has 0 unspecified atom stereocenters. The maximum absolute atomic E-state index is 12.5. The molecule has 0 spiro atoms. The Kier molecular flexibility index (Phi) is 7.23. The summed E-state index contributed by atoms with van der Waals surface area (Å²) >= 11 is 0. The summed E-state index contributed by atoms with van der Waals surface area (Å²) in [6.07, 6.45) is -0.624. The van der Waals surface area contributed by atoms with Gasteiger partial charge in [-0.05, 0) is 29.8 Å². The summed E-state index contributed by atoms with van der Waals surface area (Å²) in [5.74, 6) is 0.436. The minimum Gasteiger partial charge on any atom is -0.492 e. The fourth-order valence-corrected chi connectivity index (χ4v) is 2.60. The number of hydrogen-bond donors (Lipinski definition) is 2. The molecule has 0 aliphatic heterocycles. The number of hydrogen-bond acceptors (Lipinski definition) is 4. The molecule has 0 saturated carbocycles. The number of carbonyl (C=O) groups excluding carboxylic acids is 2. The van der Waals surface area contributed by atoms with Gasteiger partial charge in [-0.15, -0.1) is 0 Å². The van der Waals surface area contributed by atoms with E-state index in [4.69, 9.17) is 9.47 Å². The van der Waals surface area contributed by atoms with Crippen molar-refractivity contribution < 1.29 is 19.1 Å². The van der Waals surface area contributed by atoms with Crippen LogP contribution in [0.5, 0.6) is 5.75 Å². The first-order valence-corrected chi connectivity index (χ1v) is 9.25. The van der Waals surface area contributed by atoms with Crippen LogP contribution in [0.25, 0.3) is 0 Å². The number of nitrogens with one attached hydrogen (secondary N) is 2. The van der Waals surface area contributed by atoms with Crippen LogP contribution >= 0.6 is 0 Å². The van der Waals surface area contributed by atoms with Crippen molar-refractivity contribution in [2.24, 2.45) is 0 Å². The first kappa shape index (κ1) is 19.9. The molecule has 6 heteroatoms. The van der Waals surface area contributed by atoms with Crippen LogP contribution in [0.15, 0.2) is 84.9 Å². The largest absolute Gasteiger partial charge is 0.492 e. The Balaban J connectivity index is 1.49. The summed E-state index contributed by atoms with van der Waals surface area (Å²) < 4.78 is 10.8. The number of ether oxygens (including phenoxy) is 2. The van der Waals surface area contributed by atoms with Gasteiger partial charge >= 0.3 is 6.09 Å². The summed E-state index contributed by atoms with van der Waals surface area (Å²) in [7, 11) is 0. The van der Waals surface area contributed by atoms with Gasteiger partial charge in [0.2, 0.25) is 0 Å². The smallest absolute Gasteiger partial charge is 0.411 e. The maximum atomic E-state index is 12.5. The molecule has 0 aliphatic carbocycles. The molecule has 3 rings (SSSR count). The third-order valence-electron chi connectivity index (χ3n) is 4.02. The molecule has 148 valence electrons. The van der Waals surface area contributed by atoms with Gasteiger partial charge in [0.05, 0.1) is 17.8 Å². The standard InChI is InChI=1S/C23H22N2O4/c26-22(24-15-16-28-19-11-5-2-6-12-19)20-13-7-8-14-21(20)25-23(27)29-17-18-9-3-1-4-10-18/h1-14H,15-17H2,(H,24,26)(H,25,27). The van der Waals surface area contributed by atoms with Gasteiger partial charge in [0.25, 0.3) is 5.91 Å². The monoisotopic (exact) mass is 390 g/mol. The van der Waals surface area contributed by atoms with Gasteiger partial charge in [-0.2, -0.15) is 0 Å². The molecule has 3 aromatic rings. The van der Waals surface area contributed by atoms with Crippen LogP contribution in [0.1, 0.15) is 15.9 Å². The lowest BCUT2D eigenvalue weighted by Crippen LogP contribution is -2.29. The first-order chi connectivity index (χ1) is 14.2. The predicted octanol–water partition coefficient (Wildman–Crippen LogP) is 4.24. The second-order valence-corrected chi connectivity index (χ2v) is 6.15. The average Bonchev–Trinajstić information content (AvgIpc) is 2.77. The van der Waals surface area contributed by atoms with Crippen molar-refractivity contribution in [2.45, 2.75) is 6.61 Å². The molecular weight excluding hydrogens is 368 g/mol. The zero-order chi connectivity index (χ0) is 20.3. The quantitative estimate of drug-likeness (QED) is 0.564. The van der Waals surface area contributed by atoms with E-state index in [1.54, 1.807) is 24.3 Å². The Morgan fingerprint density at radius 3 is 2.21 bits per heavy atom. The van der Waals surface area contributed by atoms with Crippen molar-refractivity contribution >= 4 is 17.7 Å². The Morgan fingerprint density at radius 1 is 0.793 bits per heavy atom. The van der Waals surface area contributed by atoms with E-state index in [-0.39, 0.29) is 12.5 Å². The Bertz CT molecular complexity index is 930. The number of para-hydroxylation sites is 2. The summed E-state index contributed by atoms with van der Waals surface area (Å²) in [6, 6.07) is 25.5. The van der Waals surface area contributed by atoms with E-state index in [0.717, 1.165) is 11.3 Å². The highest BCUT2D eigenvalue weighted by molar-refractivity contribution is 6.02. The van der Waals surface area contributed by atoms with Gasteiger partial charge in [0.1, 0.15) is 19.0 Å². The molecule has 0 aliphatic rings. The number of carbonyl (C=O) groups is 2. The zero-order valence-corrected chi connectivity index (χ0v) is 15.8. The molecular formula is C23H22N2O4. The van der Waals surface area contributed by atoms with Crippen LogP contribution in [0.2, 0.25) is 0 Å². The van der Waals surface area contributed by atoms with Crippen LogP contribution in [0.4, 0.5) is 10.5 Å². The van der Waals surface area contributed by atoms with Crippen molar-refractivity contribution in [2.75, 3.05) is 18.5 Å². The van der Waals surface area contributed by atoms with Gasteiger partial charge in [-0.3, -0.25) is 10.1 Å². The van der Waals surface area contributed by atoms with Crippen LogP contribution in [-0.2, 0) is 11.3 Å². The predicted molar refractivity (Wildman–Crippen MR) is 111 cm³/mol. The second-order valence-electron chi connectivity index (χ2n) is 6.15. The van der Waals surface area contributed by atoms with Crippen LogP contribution in [-0.4, -0.2) is 25.2 Å². The van der Waals surface area contributed by atoms with Crippen molar-refractivity contribution in [1.82, 2.24) is 5.32 Å². The molecule has 0 saturated heterocycles.